The average molecular weight is 500 g/mol. The third-order valence-electron chi connectivity index (χ3n) is 5.81. The summed E-state index contributed by atoms with van der Waals surface area (Å²) >= 11 is 7.60. The second-order valence-corrected chi connectivity index (χ2v) is 9.74. The molecule has 0 aliphatic carbocycles. The molecule has 5 heterocycles. The number of halogens is 2. The number of nitrogens with zero attached hydrogens (tertiary/aromatic N) is 4. The van der Waals surface area contributed by atoms with Gasteiger partial charge in [0.25, 0.3) is 0 Å². The van der Waals surface area contributed by atoms with Crippen LogP contribution in [0.5, 0.6) is 0 Å². The molecule has 34 heavy (non-hydrogen) atoms. The number of aryl methyl sites for hydroxylation is 1. The smallest absolute Gasteiger partial charge is 0.322 e. The van der Waals surface area contributed by atoms with Gasteiger partial charge in [0.1, 0.15) is 5.65 Å². The van der Waals surface area contributed by atoms with E-state index in [-0.39, 0.29) is 17.8 Å². The lowest BCUT2D eigenvalue weighted by atomic mass is 9.98. The van der Waals surface area contributed by atoms with Gasteiger partial charge in [-0.05, 0) is 48.8 Å². The number of anilines is 2. The fraction of sp³-hybridized carbons (Fsp3) is 0.304. The number of pyridine rings is 1. The Morgan fingerprint density at radius 3 is 3.06 bits per heavy atom. The number of carbonyl (C=O) groups is 1. The largest absolute Gasteiger partial charge is 0.367 e. The first-order valence-corrected chi connectivity index (χ1v) is 12.2. The fourth-order valence-electron chi connectivity index (χ4n) is 4.12. The Morgan fingerprint density at radius 2 is 2.24 bits per heavy atom. The number of aromatic nitrogens is 4. The Labute approximate surface area is 204 Å². The van der Waals surface area contributed by atoms with Crippen LogP contribution >= 0.6 is 22.9 Å². The van der Waals surface area contributed by atoms with Gasteiger partial charge in [0.2, 0.25) is 0 Å². The van der Waals surface area contributed by atoms with Gasteiger partial charge in [0, 0.05) is 43.0 Å². The molecular formula is C23H23ClFN7OS. The number of aromatic amines is 1. The van der Waals surface area contributed by atoms with E-state index in [0.29, 0.717) is 41.7 Å². The van der Waals surface area contributed by atoms with Crippen molar-refractivity contribution in [1.82, 2.24) is 24.8 Å². The fourth-order valence-corrected chi connectivity index (χ4v) is 5.06. The van der Waals surface area contributed by atoms with E-state index in [1.54, 1.807) is 18.5 Å². The Morgan fingerprint density at radius 1 is 1.35 bits per heavy atom. The monoisotopic (exact) mass is 499 g/mol. The number of H-pyrrole nitrogens is 1. The molecule has 176 valence electrons. The van der Waals surface area contributed by atoms with Crippen LogP contribution in [0.3, 0.4) is 0 Å². The predicted molar refractivity (Wildman–Crippen MR) is 133 cm³/mol. The summed E-state index contributed by atoms with van der Waals surface area (Å²) in [5.41, 5.74) is 2.47. The standard InChI is InChI=1S/C23H23ClFN7OS/c1-13-5-19(34-12-13)30-23(33)32-4-2-3-14(11-32)7-26-22-18(25)10-29-21(31-22)17-9-28-20-16(17)6-15(24)8-27-20/h5-6,8-10,12,14H,2-4,7,11H2,1H3,(H,27,28)(H,30,33)(H,26,29,31). The van der Waals surface area contributed by atoms with Crippen LogP contribution < -0.4 is 10.6 Å². The van der Waals surface area contributed by atoms with E-state index in [9.17, 15) is 9.18 Å². The van der Waals surface area contributed by atoms with Gasteiger partial charge in [-0.15, -0.1) is 11.3 Å². The molecule has 2 amide bonds. The number of hydrogen-bond acceptors (Lipinski definition) is 6. The van der Waals surface area contributed by atoms with E-state index < -0.39 is 5.82 Å². The Bertz CT molecular complexity index is 1340. The first-order valence-electron chi connectivity index (χ1n) is 11.0. The summed E-state index contributed by atoms with van der Waals surface area (Å²) in [6.45, 7) is 3.79. The first kappa shape index (κ1) is 22.5. The molecule has 5 rings (SSSR count). The lowest BCUT2D eigenvalue weighted by molar-refractivity contribution is 0.180. The number of piperidine rings is 1. The van der Waals surface area contributed by atoms with Crippen molar-refractivity contribution in [3.8, 4) is 11.4 Å². The van der Waals surface area contributed by atoms with Gasteiger partial charge < -0.3 is 15.2 Å². The van der Waals surface area contributed by atoms with Crippen LogP contribution in [0.2, 0.25) is 5.02 Å². The van der Waals surface area contributed by atoms with Crippen LogP contribution in [-0.2, 0) is 0 Å². The molecule has 4 aromatic rings. The van der Waals surface area contributed by atoms with Gasteiger partial charge in [-0.25, -0.2) is 24.1 Å². The maximum atomic E-state index is 14.5. The molecule has 0 spiro atoms. The first-order chi connectivity index (χ1) is 16.5. The molecule has 1 saturated heterocycles. The highest BCUT2D eigenvalue weighted by atomic mass is 35.5. The number of thiophene rings is 1. The normalized spacial score (nSPS) is 16.1. The molecule has 0 radical (unpaired) electrons. The van der Waals surface area contributed by atoms with Gasteiger partial charge >= 0.3 is 6.03 Å². The quantitative estimate of drug-likeness (QED) is 0.335. The van der Waals surface area contributed by atoms with Gasteiger partial charge in [0.05, 0.1) is 16.2 Å². The van der Waals surface area contributed by atoms with Crippen LogP contribution in [-0.4, -0.2) is 50.5 Å². The van der Waals surface area contributed by atoms with Gasteiger partial charge in [-0.3, -0.25) is 5.32 Å². The molecule has 4 aromatic heterocycles. The number of nitrogens with one attached hydrogen (secondary N) is 3. The summed E-state index contributed by atoms with van der Waals surface area (Å²) in [5, 5.41) is 10.2. The minimum atomic E-state index is -0.529. The van der Waals surface area contributed by atoms with Crippen LogP contribution in [0, 0.1) is 18.7 Å². The number of carbonyl (C=O) groups excluding carboxylic acids is 1. The minimum Gasteiger partial charge on any atom is -0.367 e. The summed E-state index contributed by atoms with van der Waals surface area (Å²) in [4.78, 5) is 30.3. The maximum absolute atomic E-state index is 14.5. The van der Waals surface area contributed by atoms with Crippen molar-refractivity contribution in [1.29, 1.82) is 0 Å². The van der Waals surface area contributed by atoms with E-state index in [1.807, 2.05) is 23.3 Å². The second-order valence-electron chi connectivity index (χ2n) is 8.40. The third kappa shape index (κ3) is 4.83. The van der Waals surface area contributed by atoms with Crippen molar-refractivity contribution in [2.24, 2.45) is 5.92 Å². The number of urea groups is 1. The predicted octanol–water partition coefficient (Wildman–Crippen LogP) is 5.54. The molecule has 1 atom stereocenters. The van der Waals surface area contributed by atoms with E-state index in [2.05, 4.69) is 30.6 Å². The lowest BCUT2D eigenvalue weighted by Crippen LogP contribution is -2.43. The van der Waals surface area contributed by atoms with Gasteiger partial charge in [-0.1, -0.05) is 11.6 Å². The van der Waals surface area contributed by atoms with Gasteiger partial charge in [0.15, 0.2) is 17.5 Å². The van der Waals surface area contributed by atoms with Crippen LogP contribution in [0.1, 0.15) is 18.4 Å². The highest BCUT2D eigenvalue weighted by Crippen LogP contribution is 2.28. The molecular weight excluding hydrogens is 477 g/mol. The van der Waals surface area contributed by atoms with Gasteiger partial charge in [-0.2, -0.15) is 0 Å². The number of hydrogen-bond donors (Lipinski definition) is 3. The van der Waals surface area contributed by atoms with Crippen molar-refractivity contribution in [3.63, 3.8) is 0 Å². The molecule has 1 aliphatic heterocycles. The Hall–Kier alpha value is -3.24. The molecule has 1 aliphatic rings. The summed E-state index contributed by atoms with van der Waals surface area (Å²) in [6, 6.07) is 3.63. The molecule has 0 aromatic carbocycles. The topological polar surface area (TPSA) is 98.8 Å². The third-order valence-corrected chi connectivity index (χ3v) is 6.98. The van der Waals surface area contributed by atoms with E-state index >= 15 is 0 Å². The summed E-state index contributed by atoms with van der Waals surface area (Å²) in [6.07, 6.45) is 6.28. The van der Waals surface area contributed by atoms with Crippen molar-refractivity contribution >= 4 is 50.8 Å². The number of amides is 2. The number of rotatable bonds is 5. The molecule has 0 saturated carbocycles. The van der Waals surface area contributed by atoms with Crippen LogP contribution in [0.25, 0.3) is 22.4 Å². The van der Waals surface area contributed by atoms with E-state index in [4.69, 9.17) is 11.6 Å². The molecule has 8 nitrogen and oxygen atoms in total. The zero-order valence-corrected chi connectivity index (χ0v) is 20.0. The lowest BCUT2D eigenvalue weighted by Gasteiger charge is -2.32. The van der Waals surface area contributed by atoms with Crippen molar-refractivity contribution in [3.05, 3.63) is 52.5 Å². The van der Waals surface area contributed by atoms with Crippen LogP contribution in [0.15, 0.2) is 36.1 Å². The number of likely N-dealkylation sites (tertiary alicyclic amines) is 1. The highest BCUT2D eigenvalue weighted by Gasteiger charge is 2.24. The molecule has 3 N–H and O–H groups in total. The van der Waals surface area contributed by atoms with Crippen molar-refractivity contribution < 1.29 is 9.18 Å². The molecule has 1 unspecified atom stereocenters. The van der Waals surface area contributed by atoms with E-state index in [1.165, 1.54) is 11.3 Å². The van der Waals surface area contributed by atoms with Crippen molar-refractivity contribution in [2.45, 2.75) is 19.8 Å². The summed E-state index contributed by atoms with van der Waals surface area (Å²) < 4.78 is 14.5. The SMILES string of the molecule is Cc1csc(NC(=O)N2CCCC(CNc3nc(-c4c[nH]c5ncc(Cl)cc45)ncc3F)C2)c1. The summed E-state index contributed by atoms with van der Waals surface area (Å²) in [7, 11) is 0. The van der Waals surface area contributed by atoms with Crippen LogP contribution in [0.4, 0.5) is 20.0 Å². The molecule has 11 heteroatoms. The zero-order valence-electron chi connectivity index (χ0n) is 18.4. The molecule has 0 bridgehead atoms. The average Bonchev–Trinajstić information content (AvgIpc) is 3.44. The Kier molecular flexibility index (Phi) is 6.34. The maximum Gasteiger partial charge on any atom is 0.322 e. The minimum absolute atomic E-state index is 0.103. The van der Waals surface area contributed by atoms with E-state index in [0.717, 1.165) is 35.0 Å². The second kappa shape index (κ2) is 9.55. The zero-order chi connectivity index (χ0) is 23.7. The number of fused-ring (bicyclic) bond motifs is 1. The summed E-state index contributed by atoms with van der Waals surface area (Å²) in [5.74, 6) is 0.150. The Balaban J connectivity index is 1.25. The highest BCUT2D eigenvalue weighted by molar-refractivity contribution is 7.14. The molecule has 1 fully saturated rings. The van der Waals surface area contributed by atoms with Crippen molar-refractivity contribution in [2.75, 3.05) is 30.3 Å².